The summed E-state index contributed by atoms with van der Waals surface area (Å²) in [5.74, 6) is 0.503. The van der Waals surface area contributed by atoms with Crippen LogP contribution in [0.3, 0.4) is 0 Å². The highest BCUT2D eigenvalue weighted by Crippen LogP contribution is 2.27. The summed E-state index contributed by atoms with van der Waals surface area (Å²) in [7, 11) is 0. The molecule has 0 aliphatic carbocycles. The molecular weight excluding hydrogens is 264 g/mol. The molecular formula is C18H16O3. The second-order valence-electron chi connectivity index (χ2n) is 4.40. The summed E-state index contributed by atoms with van der Waals surface area (Å²) in [5, 5.41) is 26.9. The molecule has 3 rings (SSSR count). The van der Waals surface area contributed by atoms with E-state index < -0.39 is 0 Å². The number of phenols is 3. The molecule has 0 saturated carbocycles. The second-order valence-corrected chi connectivity index (χ2v) is 4.40. The maximum atomic E-state index is 9.56. The van der Waals surface area contributed by atoms with Crippen LogP contribution in [0.1, 0.15) is 0 Å². The van der Waals surface area contributed by atoms with Crippen LogP contribution in [0.4, 0.5) is 0 Å². The molecule has 3 heteroatoms. The predicted octanol–water partition coefficient (Wildman–Crippen LogP) is 4.16. The Morgan fingerprint density at radius 2 is 1.10 bits per heavy atom. The lowest BCUT2D eigenvalue weighted by molar-refractivity contribution is 0.450. The smallest absolute Gasteiger partial charge is 0.123 e. The van der Waals surface area contributed by atoms with Crippen molar-refractivity contribution in [3.63, 3.8) is 0 Å². The van der Waals surface area contributed by atoms with Crippen molar-refractivity contribution in [2.45, 2.75) is 0 Å². The highest BCUT2D eigenvalue weighted by molar-refractivity contribution is 5.69. The number of benzene rings is 3. The normalized spacial score (nSPS) is 9.52. The first-order valence-corrected chi connectivity index (χ1v) is 6.48. The van der Waals surface area contributed by atoms with Crippen molar-refractivity contribution in [3.8, 4) is 28.4 Å². The van der Waals surface area contributed by atoms with Crippen LogP contribution in [0, 0.1) is 0 Å². The van der Waals surface area contributed by atoms with Gasteiger partial charge in [0.1, 0.15) is 17.2 Å². The summed E-state index contributed by atoms with van der Waals surface area (Å²) >= 11 is 0. The number of hydrogen-bond acceptors (Lipinski definition) is 3. The number of hydrogen-bond donors (Lipinski definition) is 3. The zero-order valence-corrected chi connectivity index (χ0v) is 11.3. The van der Waals surface area contributed by atoms with Crippen LogP contribution in [0.5, 0.6) is 17.2 Å². The summed E-state index contributed by atoms with van der Waals surface area (Å²) in [6.45, 7) is 0. The molecule has 0 saturated heterocycles. The lowest BCUT2D eigenvalue weighted by Gasteiger charge is -2.02. The fourth-order valence-corrected chi connectivity index (χ4v) is 1.83. The Kier molecular flexibility index (Phi) is 4.83. The average Bonchev–Trinajstić information content (AvgIpc) is 2.49. The van der Waals surface area contributed by atoms with Gasteiger partial charge in [0.05, 0.1) is 0 Å². The average molecular weight is 280 g/mol. The third kappa shape index (κ3) is 4.28. The highest BCUT2D eigenvalue weighted by atomic mass is 16.3. The van der Waals surface area contributed by atoms with Gasteiger partial charge < -0.3 is 15.3 Å². The Balaban J connectivity index is 0.000000173. The number of aromatic hydroxyl groups is 3. The van der Waals surface area contributed by atoms with Gasteiger partial charge in [-0.05, 0) is 23.8 Å². The molecule has 3 N–H and O–H groups in total. The first kappa shape index (κ1) is 14.5. The van der Waals surface area contributed by atoms with Gasteiger partial charge in [-0.25, -0.2) is 0 Å². The van der Waals surface area contributed by atoms with Crippen LogP contribution >= 0.6 is 0 Å². The predicted molar refractivity (Wildman–Crippen MR) is 83.3 cm³/mol. The van der Waals surface area contributed by atoms with Gasteiger partial charge in [0, 0.05) is 11.6 Å². The van der Waals surface area contributed by atoms with Crippen LogP contribution < -0.4 is 0 Å². The standard InChI is InChI=1S/C12H10O.C6H6O2/c13-12-9-5-4-8-11(12)10-6-2-1-3-7-10;7-5-2-1-3-6(8)4-5/h1-9,13H;1-4,7-8H. The van der Waals surface area contributed by atoms with Crippen molar-refractivity contribution < 1.29 is 15.3 Å². The lowest BCUT2D eigenvalue weighted by Crippen LogP contribution is -1.76. The summed E-state index contributed by atoms with van der Waals surface area (Å²) in [5.41, 5.74) is 1.92. The molecule has 21 heavy (non-hydrogen) atoms. The van der Waals surface area contributed by atoms with Crippen molar-refractivity contribution in [2.24, 2.45) is 0 Å². The van der Waals surface area contributed by atoms with Crippen molar-refractivity contribution in [3.05, 3.63) is 78.9 Å². The Hall–Kier alpha value is -2.94. The molecule has 0 heterocycles. The topological polar surface area (TPSA) is 60.7 Å². The first-order valence-electron chi connectivity index (χ1n) is 6.48. The minimum Gasteiger partial charge on any atom is -0.508 e. The quantitative estimate of drug-likeness (QED) is 0.627. The molecule has 0 aliphatic heterocycles. The molecule has 3 nitrogen and oxygen atoms in total. The van der Waals surface area contributed by atoms with Gasteiger partial charge in [0.15, 0.2) is 0 Å². The van der Waals surface area contributed by atoms with Crippen molar-refractivity contribution in [1.82, 2.24) is 0 Å². The monoisotopic (exact) mass is 280 g/mol. The summed E-state index contributed by atoms with van der Waals surface area (Å²) < 4.78 is 0. The van der Waals surface area contributed by atoms with E-state index in [0.29, 0.717) is 5.75 Å². The molecule has 0 aromatic heterocycles. The number of rotatable bonds is 1. The molecule has 0 unspecified atom stereocenters. The molecule has 0 atom stereocenters. The fourth-order valence-electron chi connectivity index (χ4n) is 1.83. The zero-order valence-electron chi connectivity index (χ0n) is 11.3. The van der Waals surface area contributed by atoms with E-state index in [1.54, 1.807) is 12.1 Å². The Bertz CT molecular complexity index is 676. The van der Waals surface area contributed by atoms with E-state index in [2.05, 4.69) is 0 Å². The summed E-state index contributed by atoms with van der Waals surface area (Å²) in [4.78, 5) is 0. The fraction of sp³-hybridized carbons (Fsp3) is 0. The SMILES string of the molecule is Oc1cccc(O)c1.Oc1ccccc1-c1ccccc1. The van der Waals surface area contributed by atoms with E-state index in [9.17, 15) is 5.11 Å². The Morgan fingerprint density at radius 1 is 0.524 bits per heavy atom. The van der Waals surface area contributed by atoms with E-state index in [4.69, 9.17) is 10.2 Å². The molecule has 3 aromatic rings. The summed E-state index contributed by atoms with van der Waals surface area (Å²) in [6.07, 6.45) is 0. The lowest BCUT2D eigenvalue weighted by atomic mass is 10.1. The Labute approximate surface area is 123 Å². The van der Waals surface area contributed by atoms with Gasteiger partial charge in [-0.2, -0.15) is 0 Å². The van der Waals surface area contributed by atoms with Crippen LogP contribution in [-0.4, -0.2) is 15.3 Å². The minimum absolute atomic E-state index is 0.0880. The van der Waals surface area contributed by atoms with Gasteiger partial charge in [-0.3, -0.25) is 0 Å². The van der Waals surface area contributed by atoms with Crippen molar-refractivity contribution >= 4 is 0 Å². The van der Waals surface area contributed by atoms with Crippen molar-refractivity contribution in [2.75, 3.05) is 0 Å². The molecule has 0 bridgehead atoms. The highest BCUT2D eigenvalue weighted by Gasteiger charge is 2.00. The van der Waals surface area contributed by atoms with Crippen LogP contribution in [0.2, 0.25) is 0 Å². The molecule has 3 aromatic carbocycles. The van der Waals surface area contributed by atoms with E-state index in [1.165, 1.54) is 18.2 Å². The molecule has 0 amide bonds. The third-order valence-corrected chi connectivity index (χ3v) is 2.82. The van der Waals surface area contributed by atoms with Crippen LogP contribution in [-0.2, 0) is 0 Å². The van der Waals surface area contributed by atoms with Gasteiger partial charge in [-0.15, -0.1) is 0 Å². The van der Waals surface area contributed by atoms with Crippen LogP contribution in [0.25, 0.3) is 11.1 Å². The van der Waals surface area contributed by atoms with Crippen LogP contribution in [0.15, 0.2) is 78.9 Å². The number of para-hydroxylation sites is 1. The van der Waals surface area contributed by atoms with E-state index >= 15 is 0 Å². The second kappa shape index (κ2) is 7.01. The number of phenolic OH excluding ortho intramolecular Hbond substituents is 3. The largest absolute Gasteiger partial charge is 0.508 e. The third-order valence-electron chi connectivity index (χ3n) is 2.82. The molecule has 106 valence electrons. The first-order chi connectivity index (χ1) is 10.2. The molecule has 0 fully saturated rings. The van der Waals surface area contributed by atoms with Gasteiger partial charge in [0.25, 0.3) is 0 Å². The molecule has 0 spiro atoms. The van der Waals surface area contributed by atoms with Gasteiger partial charge in [0.2, 0.25) is 0 Å². The maximum absolute atomic E-state index is 9.56. The molecule has 0 radical (unpaired) electrons. The zero-order chi connectivity index (χ0) is 15.1. The summed E-state index contributed by atoms with van der Waals surface area (Å²) in [6, 6.07) is 23.0. The van der Waals surface area contributed by atoms with E-state index in [-0.39, 0.29) is 11.5 Å². The van der Waals surface area contributed by atoms with Gasteiger partial charge in [-0.1, -0.05) is 54.6 Å². The molecule has 0 aliphatic rings. The van der Waals surface area contributed by atoms with Crippen molar-refractivity contribution in [1.29, 1.82) is 0 Å². The maximum Gasteiger partial charge on any atom is 0.123 e. The van der Waals surface area contributed by atoms with E-state index in [0.717, 1.165) is 11.1 Å². The minimum atomic E-state index is 0.0880. The van der Waals surface area contributed by atoms with Gasteiger partial charge >= 0.3 is 0 Å². The van der Waals surface area contributed by atoms with E-state index in [1.807, 2.05) is 48.5 Å². The Morgan fingerprint density at radius 3 is 1.62 bits per heavy atom.